The second kappa shape index (κ2) is 6.91. The molecule has 1 aromatic carbocycles. The summed E-state index contributed by atoms with van der Waals surface area (Å²) in [4.78, 5) is 12.2. The third-order valence-electron chi connectivity index (χ3n) is 3.15. The van der Waals surface area contributed by atoms with E-state index < -0.39 is 30.1 Å². The number of carbonyl (C=O) groups excluding carboxylic acids is 1. The first kappa shape index (κ1) is 17.1. The van der Waals surface area contributed by atoms with Gasteiger partial charge in [-0.2, -0.15) is 13.9 Å². The van der Waals surface area contributed by atoms with Crippen LogP contribution >= 0.6 is 11.6 Å². The molecular formula is C14H13ClF3N3O2. The van der Waals surface area contributed by atoms with Gasteiger partial charge in [0.05, 0.1) is 22.6 Å². The minimum absolute atomic E-state index is 0.0699. The van der Waals surface area contributed by atoms with Gasteiger partial charge in [0.2, 0.25) is 5.91 Å². The second-order valence-electron chi connectivity index (χ2n) is 4.71. The number of aromatic nitrogens is 2. The summed E-state index contributed by atoms with van der Waals surface area (Å²) < 4.78 is 43.5. The van der Waals surface area contributed by atoms with Crippen molar-refractivity contribution in [2.45, 2.75) is 26.5 Å². The molecule has 0 radical (unpaired) electrons. The molecule has 0 aliphatic heterocycles. The molecular weight excluding hydrogens is 335 g/mol. The van der Waals surface area contributed by atoms with Crippen molar-refractivity contribution in [3.8, 4) is 5.75 Å². The van der Waals surface area contributed by atoms with Crippen LogP contribution in [0, 0.1) is 12.7 Å². The fourth-order valence-electron chi connectivity index (χ4n) is 1.93. The Kier molecular flexibility index (Phi) is 5.15. The average Bonchev–Trinajstić information content (AvgIpc) is 2.80. The summed E-state index contributed by atoms with van der Waals surface area (Å²) in [5.41, 5.74) is 0.511. The van der Waals surface area contributed by atoms with Gasteiger partial charge in [-0.05, 0) is 26.0 Å². The summed E-state index contributed by atoms with van der Waals surface area (Å²) in [7, 11) is 0. The average molecular weight is 348 g/mol. The summed E-state index contributed by atoms with van der Waals surface area (Å²) in [6, 6.07) is 2.17. The first-order valence-corrected chi connectivity index (χ1v) is 6.92. The van der Waals surface area contributed by atoms with E-state index >= 15 is 0 Å². The lowest BCUT2D eigenvalue weighted by Crippen LogP contribution is -2.25. The highest BCUT2D eigenvalue weighted by molar-refractivity contribution is 6.31. The topological polar surface area (TPSA) is 56.2 Å². The minimum Gasteiger partial charge on any atom is -0.432 e. The van der Waals surface area contributed by atoms with Crippen molar-refractivity contribution >= 4 is 23.2 Å². The quantitative estimate of drug-likeness (QED) is 0.895. The van der Waals surface area contributed by atoms with Gasteiger partial charge in [-0.1, -0.05) is 11.6 Å². The third-order valence-corrected chi connectivity index (χ3v) is 3.52. The van der Waals surface area contributed by atoms with E-state index in [1.165, 1.54) is 10.9 Å². The zero-order chi connectivity index (χ0) is 17.1. The fourth-order valence-corrected chi connectivity index (χ4v) is 2.06. The molecule has 1 N–H and O–H groups in total. The highest BCUT2D eigenvalue weighted by Crippen LogP contribution is 2.28. The maximum atomic E-state index is 13.1. The summed E-state index contributed by atoms with van der Waals surface area (Å²) in [6.45, 7) is 0.0996. The number of ether oxygens (including phenoxy) is 1. The number of anilines is 1. The molecule has 1 aromatic heterocycles. The van der Waals surface area contributed by atoms with Crippen LogP contribution in [0.2, 0.25) is 5.02 Å². The lowest BCUT2D eigenvalue weighted by molar-refractivity contribution is -0.119. The predicted octanol–water partition coefficient (Wildman–Crippen LogP) is 3.79. The van der Waals surface area contributed by atoms with Crippen molar-refractivity contribution in [3.05, 3.63) is 40.9 Å². The zero-order valence-electron chi connectivity index (χ0n) is 12.2. The number of carbonyl (C=O) groups is 1. The molecule has 0 fully saturated rings. The van der Waals surface area contributed by atoms with Crippen molar-refractivity contribution in [3.63, 3.8) is 0 Å². The van der Waals surface area contributed by atoms with E-state index in [4.69, 9.17) is 11.6 Å². The molecule has 0 aliphatic carbocycles. The number of hydrogen-bond acceptors (Lipinski definition) is 3. The predicted molar refractivity (Wildman–Crippen MR) is 78.3 cm³/mol. The molecule has 23 heavy (non-hydrogen) atoms. The lowest BCUT2D eigenvalue weighted by atomic mass is 10.2. The number of rotatable bonds is 5. The fraction of sp³-hybridized carbons (Fsp3) is 0.286. The number of alkyl halides is 2. The van der Waals surface area contributed by atoms with E-state index in [1.54, 1.807) is 13.8 Å². The van der Waals surface area contributed by atoms with Gasteiger partial charge in [0, 0.05) is 6.07 Å². The molecule has 0 bridgehead atoms. The van der Waals surface area contributed by atoms with Crippen molar-refractivity contribution in [1.29, 1.82) is 0 Å². The van der Waals surface area contributed by atoms with Crippen molar-refractivity contribution in [2.24, 2.45) is 0 Å². The first-order valence-electron chi connectivity index (χ1n) is 6.54. The molecule has 1 atom stereocenters. The van der Waals surface area contributed by atoms with Crippen LogP contribution in [0.5, 0.6) is 5.75 Å². The summed E-state index contributed by atoms with van der Waals surface area (Å²) in [6.07, 6.45) is 1.39. The van der Waals surface area contributed by atoms with Gasteiger partial charge < -0.3 is 10.1 Å². The van der Waals surface area contributed by atoms with Crippen molar-refractivity contribution in [2.75, 3.05) is 5.32 Å². The lowest BCUT2D eigenvalue weighted by Gasteiger charge is -2.16. The van der Waals surface area contributed by atoms with Crippen LogP contribution in [-0.2, 0) is 4.79 Å². The Morgan fingerprint density at radius 1 is 1.43 bits per heavy atom. The van der Waals surface area contributed by atoms with Crippen LogP contribution < -0.4 is 10.1 Å². The molecule has 1 unspecified atom stereocenters. The van der Waals surface area contributed by atoms with E-state index in [-0.39, 0.29) is 5.69 Å². The third kappa shape index (κ3) is 3.95. The Bertz CT molecular complexity index is 721. The molecule has 0 saturated carbocycles. The van der Waals surface area contributed by atoms with E-state index in [1.807, 2.05) is 0 Å². The van der Waals surface area contributed by atoms with Gasteiger partial charge >= 0.3 is 6.61 Å². The van der Waals surface area contributed by atoms with Crippen LogP contribution in [0.3, 0.4) is 0 Å². The van der Waals surface area contributed by atoms with Crippen LogP contribution in [0.4, 0.5) is 18.9 Å². The van der Waals surface area contributed by atoms with Crippen LogP contribution in [0.25, 0.3) is 0 Å². The number of nitrogens with one attached hydrogen (secondary N) is 1. The Labute approximate surface area is 135 Å². The van der Waals surface area contributed by atoms with E-state index in [9.17, 15) is 18.0 Å². The van der Waals surface area contributed by atoms with Gasteiger partial charge in [0.25, 0.3) is 0 Å². The Balaban J connectivity index is 2.21. The van der Waals surface area contributed by atoms with Gasteiger partial charge in [0.1, 0.15) is 11.9 Å². The van der Waals surface area contributed by atoms with Gasteiger partial charge in [-0.25, -0.2) is 4.39 Å². The maximum Gasteiger partial charge on any atom is 0.387 e. The molecule has 2 rings (SSSR count). The number of hydrogen-bond donors (Lipinski definition) is 1. The highest BCUT2D eigenvalue weighted by atomic mass is 35.5. The van der Waals surface area contributed by atoms with Crippen LogP contribution in [0.1, 0.15) is 18.7 Å². The van der Waals surface area contributed by atoms with Crippen molar-refractivity contribution < 1.29 is 22.7 Å². The van der Waals surface area contributed by atoms with Gasteiger partial charge in [-0.3, -0.25) is 9.48 Å². The molecule has 0 aliphatic rings. The molecule has 0 saturated heterocycles. The Morgan fingerprint density at radius 2 is 2.13 bits per heavy atom. The zero-order valence-corrected chi connectivity index (χ0v) is 12.9. The van der Waals surface area contributed by atoms with Gasteiger partial charge in [-0.15, -0.1) is 0 Å². The van der Waals surface area contributed by atoms with Crippen LogP contribution in [0.15, 0.2) is 24.4 Å². The normalized spacial score (nSPS) is 12.3. The van der Waals surface area contributed by atoms with Crippen molar-refractivity contribution in [1.82, 2.24) is 9.78 Å². The summed E-state index contributed by atoms with van der Waals surface area (Å²) >= 11 is 5.88. The molecule has 5 nitrogen and oxygen atoms in total. The number of amides is 1. The summed E-state index contributed by atoms with van der Waals surface area (Å²) in [5.74, 6) is -1.77. The largest absolute Gasteiger partial charge is 0.432 e. The number of nitrogens with zero attached hydrogens (tertiary/aromatic N) is 2. The summed E-state index contributed by atoms with van der Waals surface area (Å²) in [5, 5.41) is 6.78. The molecule has 9 heteroatoms. The minimum atomic E-state index is -3.14. The highest BCUT2D eigenvalue weighted by Gasteiger charge is 2.21. The monoisotopic (exact) mass is 347 g/mol. The number of benzene rings is 1. The first-order chi connectivity index (χ1) is 10.8. The SMILES string of the molecule is Cc1c(Cl)cnn1C(C)C(=O)Nc1ccc(F)cc1OC(F)F. The molecule has 2 aromatic rings. The second-order valence-corrected chi connectivity index (χ2v) is 5.11. The Hall–Kier alpha value is -2.22. The number of halogens is 4. The Morgan fingerprint density at radius 3 is 2.70 bits per heavy atom. The maximum absolute atomic E-state index is 13.1. The molecule has 1 amide bonds. The molecule has 124 valence electrons. The molecule has 1 heterocycles. The van der Waals surface area contributed by atoms with E-state index in [0.29, 0.717) is 10.7 Å². The van der Waals surface area contributed by atoms with E-state index in [2.05, 4.69) is 15.2 Å². The van der Waals surface area contributed by atoms with Gasteiger partial charge in [0.15, 0.2) is 5.75 Å². The van der Waals surface area contributed by atoms with Crippen LogP contribution in [-0.4, -0.2) is 22.3 Å². The smallest absolute Gasteiger partial charge is 0.387 e. The molecule has 0 spiro atoms. The van der Waals surface area contributed by atoms with E-state index in [0.717, 1.165) is 18.2 Å². The standard InChI is InChI=1S/C14H13ClF3N3O2/c1-7-10(15)6-19-21(7)8(2)13(22)20-11-4-3-9(16)5-12(11)23-14(17)18/h3-6,8,14H,1-2H3,(H,20,22).